The van der Waals surface area contributed by atoms with Crippen molar-refractivity contribution in [3.8, 4) is 0 Å². The summed E-state index contributed by atoms with van der Waals surface area (Å²) < 4.78 is 0. The van der Waals surface area contributed by atoms with Gasteiger partial charge in [0, 0.05) is 5.69 Å². The Bertz CT molecular complexity index is 1010. The van der Waals surface area contributed by atoms with Crippen molar-refractivity contribution in [2.24, 2.45) is 16.8 Å². The maximum atomic E-state index is 12.8. The number of Topliss-reactive ketones (excluding diaryl/α,β-unsaturated/α-hetero) is 1. The number of rotatable bonds is 4. The summed E-state index contributed by atoms with van der Waals surface area (Å²) in [6.45, 7) is 7.90. The molecular formula is C22H24N4O3. The molecule has 2 aromatic rings. The van der Waals surface area contributed by atoms with Gasteiger partial charge in [0.05, 0.1) is 5.69 Å². The van der Waals surface area contributed by atoms with Crippen molar-refractivity contribution < 1.29 is 14.4 Å². The van der Waals surface area contributed by atoms with Crippen LogP contribution in [0.3, 0.4) is 0 Å². The van der Waals surface area contributed by atoms with Gasteiger partial charge >= 0.3 is 0 Å². The fraction of sp³-hybridized carbons (Fsp3) is 0.273. The molecule has 7 heteroatoms. The lowest BCUT2D eigenvalue weighted by molar-refractivity contribution is -0.138. The third-order valence-corrected chi connectivity index (χ3v) is 4.77. The van der Waals surface area contributed by atoms with Crippen molar-refractivity contribution in [3.63, 3.8) is 0 Å². The molecule has 1 aliphatic heterocycles. The average Bonchev–Trinajstić information content (AvgIpc) is 2.96. The number of nitrogens with two attached hydrogens (primary N) is 1. The summed E-state index contributed by atoms with van der Waals surface area (Å²) in [5, 5.41) is 7.73. The molecule has 1 unspecified atom stereocenters. The van der Waals surface area contributed by atoms with E-state index in [0.29, 0.717) is 11.4 Å². The number of amidine groups is 1. The molecule has 0 fully saturated rings. The number of anilines is 2. The van der Waals surface area contributed by atoms with E-state index in [1.54, 1.807) is 30.3 Å². The molecule has 0 bridgehead atoms. The molecule has 7 nitrogen and oxygen atoms in total. The van der Waals surface area contributed by atoms with E-state index in [2.05, 4.69) is 10.4 Å². The lowest BCUT2D eigenvalue weighted by atomic mass is 9.84. The Morgan fingerprint density at radius 3 is 2.34 bits per heavy atom. The predicted molar refractivity (Wildman–Crippen MR) is 113 cm³/mol. The van der Waals surface area contributed by atoms with Gasteiger partial charge < -0.3 is 11.1 Å². The topological polar surface area (TPSA) is 105 Å². The van der Waals surface area contributed by atoms with Crippen LogP contribution in [-0.4, -0.2) is 23.4 Å². The number of nitrogens with one attached hydrogen (secondary N) is 1. The smallest absolute Gasteiger partial charge is 0.293 e. The quantitative estimate of drug-likeness (QED) is 0.616. The van der Waals surface area contributed by atoms with Gasteiger partial charge in [-0.25, -0.2) is 0 Å². The van der Waals surface area contributed by atoms with Crippen LogP contribution < -0.4 is 16.1 Å². The summed E-state index contributed by atoms with van der Waals surface area (Å²) in [6, 6.07) is 14.3. The first-order valence-electron chi connectivity index (χ1n) is 9.29. The number of hydrogen-bond acceptors (Lipinski definition) is 5. The third-order valence-electron chi connectivity index (χ3n) is 4.77. The Morgan fingerprint density at radius 2 is 1.72 bits per heavy atom. The monoisotopic (exact) mass is 392 g/mol. The van der Waals surface area contributed by atoms with Crippen LogP contribution in [0.25, 0.3) is 0 Å². The zero-order chi connectivity index (χ0) is 21.3. The summed E-state index contributed by atoms with van der Waals surface area (Å²) >= 11 is 0. The van der Waals surface area contributed by atoms with Gasteiger partial charge in [-0.05, 0) is 35.6 Å². The van der Waals surface area contributed by atoms with Crippen LogP contribution in [0.1, 0.15) is 31.9 Å². The maximum absolute atomic E-state index is 12.8. The number of carbonyl (C=O) groups excluding carboxylic acids is 3. The Kier molecular flexibility index (Phi) is 5.24. The molecule has 0 saturated heterocycles. The molecule has 1 atom stereocenters. The van der Waals surface area contributed by atoms with E-state index >= 15 is 0 Å². The van der Waals surface area contributed by atoms with E-state index in [1.165, 1.54) is 0 Å². The number of para-hydroxylation sites is 2. The summed E-state index contributed by atoms with van der Waals surface area (Å²) in [5.74, 6) is -4.10. The standard InChI is InChI=1S/C22H24N4O3/c1-13-9-8-12-15(22(2,3)4)17(13)24-20(28)18(27)16-19(23)25-26(21(16)29)14-10-6-5-7-11-14/h5-12,16H,1-4H3,(H2,23,25)(H,24,28). The molecule has 1 aliphatic rings. The van der Waals surface area contributed by atoms with E-state index in [0.717, 1.165) is 16.1 Å². The highest BCUT2D eigenvalue weighted by Gasteiger charge is 2.43. The van der Waals surface area contributed by atoms with Gasteiger partial charge in [-0.2, -0.15) is 10.1 Å². The first kappa shape index (κ1) is 20.3. The van der Waals surface area contributed by atoms with E-state index in [9.17, 15) is 14.4 Å². The van der Waals surface area contributed by atoms with Gasteiger partial charge in [-0.15, -0.1) is 0 Å². The third kappa shape index (κ3) is 3.89. The zero-order valence-corrected chi connectivity index (χ0v) is 16.9. The molecule has 3 N–H and O–H groups in total. The number of hydrazone groups is 1. The molecule has 1 heterocycles. The summed E-state index contributed by atoms with van der Waals surface area (Å²) in [7, 11) is 0. The molecule has 0 saturated carbocycles. The zero-order valence-electron chi connectivity index (χ0n) is 16.9. The predicted octanol–water partition coefficient (Wildman–Crippen LogP) is 2.74. The van der Waals surface area contributed by atoms with E-state index in [4.69, 9.17) is 5.73 Å². The number of hydrogen-bond donors (Lipinski definition) is 2. The van der Waals surface area contributed by atoms with Crippen LogP contribution in [0.15, 0.2) is 53.6 Å². The second kappa shape index (κ2) is 7.50. The first-order valence-corrected chi connectivity index (χ1v) is 9.29. The number of ketones is 1. The largest absolute Gasteiger partial charge is 0.385 e. The van der Waals surface area contributed by atoms with Crippen LogP contribution in [0, 0.1) is 12.8 Å². The van der Waals surface area contributed by atoms with Crippen LogP contribution in [0.4, 0.5) is 11.4 Å². The highest BCUT2D eigenvalue weighted by atomic mass is 16.2. The minimum Gasteiger partial charge on any atom is -0.385 e. The van der Waals surface area contributed by atoms with Crippen molar-refractivity contribution in [2.75, 3.05) is 10.3 Å². The van der Waals surface area contributed by atoms with Crippen LogP contribution >= 0.6 is 0 Å². The Labute approximate surface area is 169 Å². The van der Waals surface area contributed by atoms with Crippen molar-refractivity contribution in [3.05, 3.63) is 59.7 Å². The van der Waals surface area contributed by atoms with Gasteiger partial charge in [-0.3, -0.25) is 14.4 Å². The number of aryl methyl sites for hydroxylation is 1. The number of carbonyl (C=O) groups is 3. The summed E-state index contributed by atoms with van der Waals surface area (Å²) in [4.78, 5) is 38.3. The van der Waals surface area contributed by atoms with Crippen LogP contribution in [0.2, 0.25) is 0 Å². The van der Waals surface area contributed by atoms with Crippen LogP contribution in [-0.2, 0) is 19.8 Å². The van der Waals surface area contributed by atoms with Gasteiger partial charge in [0.2, 0.25) is 5.78 Å². The molecule has 2 aromatic carbocycles. The van der Waals surface area contributed by atoms with Gasteiger partial charge in [0.15, 0.2) is 5.92 Å². The molecular weight excluding hydrogens is 368 g/mol. The Balaban J connectivity index is 1.85. The molecule has 2 amide bonds. The van der Waals surface area contributed by atoms with Crippen LogP contribution in [0.5, 0.6) is 0 Å². The molecule has 0 aliphatic carbocycles. The lowest BCUT2D eigenvalue weighted by Crippen LogP contribution is -2.41. The van der Waals surface area contributed by atoms with Crippen molar-refractivity contribution in [1.29, 1.82) is 0 Å². The number of amides is 2. The highest BCUT2D eigenvalue weighted by molar-refractivity contribution is 6.50. The van der Waals surface area contributed by atoms with E-state index < -0.39 is 23.5 Å². The maximum Gasteiger partial charge on any atom is 0.293 e. The van der Waals surface area contributed by atoms with Crippen molar-refractivity contribution in [1.82, 2.24) is 0 Å². The number of nitrogens with zero attached hydrogens (tertiary/aromatic N) is 2. The minimum absolute atomic E-state index is 0.195. The fourth-order valence-electron chi connectivity index (χ4n) is 3.24. The second-order valence-electron chi connectivity index (χ2n) is 8.01. The first-order chi connectivity index (χ1) is 13.6. The molecule has 0 radical (unpaired) electrons. The lowest BCUT2D eigenvalue weighted by Gasteiger charge is -2.24. The Hall–Kier alpha value is -3.48. The van der Waals surface area contributed by atoms with Crippen molar-refractivity contribution in [2.45, 2.75) is 33.1 Å². The minimum atomic E-state index is -1.43. The highest BCUT2D eigenvalue weighted by Crippen LogP contribution is 2.32. The van der Waals surface area contributed by atoms with Gasteiger partial charge in [0.25, 0.3) is 11.8 Å². The summed E-state index contributed by atoms with van der Waals surface area (Å²) in [5.41, 5.74) is 8.36. The molecule has 29 heavy (non-hydrogen) atoms. The number of benzene rings is 2. The van der Waals surface area contributed by atoms with Gasteiger partial charge in [0.1, 0.15) is 5.84 Å². The fourth-order valence-corrected chi connectivity index (χ4v) is 3.24. The summed E-state index contributed by atoms with van der Waals surface area (Å²) in [6.07, 6.45) is 0. The SMILES string of the molecule is Cc1cccc(C(C)(C)C)c1NC(=O)C(=O)C1C(=O)N(c2ccccc2)N=C1N. The van der Waals surface area contributed by atoms with E-state index in [1.807, 2.05) is 45.9 Å². The molecule has 0 spiro atoms. The molecule has 150 valence electrons. The van der Waals surface area contributed by atoms with Gasteiger partial charge in [-0.1, -0.05) is 57.2 Å². The average molecular weight is 392 g/mol. The molecule has 0 aromatic heterocycles. The second-order valence-corrected chi connectivity index (χ2v) is 8.01. The normalized spacial score (nSPS) is 16.6. The Morgan fingerprint density at radius 1 is 1.07 bits per heavy atom. The van der Waals surface area contributed by atoms with Crippen molar-refractivity contribution >= 4 is 34.8 Å². The molecule has 3 rings (SSSR count). The van der Waals surface area contributed by atoms with E-state index in [-0.39, 0.29) is 11.3 Å².